The van der Waals surface area contributed by atoms with Gasteiger partial charge in [0.05, 0.1) is 25.7 Å². The van der Waals surface area contributed by atoms with Crippen LogP contribution in [0.1, 0.15) is 206 Å². The third-order valence-electron chi connectivity index (χ3n) is 15.2. The molecule has 27 nitrogen and oxygen atoms in total. The van der Waals surface area contributed by atoms with Gasteiger partial charge in [-0.25, -0.2) is 4.79 Å². The molecule has 12 atom stereocenters. The van der Waals surface area contributed by atoms with Crippen molar-refractivity contribution in [2.75, 3.05) is 13.2 Å². The van der Waals surface area contributed by atoms with Crippen molar-refractivity contribution < 1.29 is 82.7 Å². The van der Waals surface area contributed by atoms with E-state index in [0.717, 1.165) is 32.1 Å². The summed E-state index contributed by atoms with van der Waals surface area (Å²) in [7, 11) is 0. The number of unbranched alkanes of at least 4 members (excludes halogenated alkanes) is 8. The highest BCUT2D eigenvalue weighted by Gasteiger charge is 2.41. The Hall–Kier alpha value is -6.48. The number of ether oxygens (including phenoxy) is 1. The Labute approximate surface area is 532 Å². The molecule has 1 aliphatic heterocycles. The van der Waals surface area contributed by atoms with E-state index in [0.29, 0.717) is 12.8 Å². The molecule has 27 heteroatoms. The molecule has 1 heterocycles. The minimum absolute atomic E-state index is 0.00535. The van der Waals surface area contributed by atoms with Crippen molar-refractivity contribution in [3.8, 4) is 0 Å². The second-order valence-corrected chi connectivity index (χ2v) is 26.4. The number of carbonyl (C=O) groups excluding carboxylic acids is 11. The summed E-state index contributed by atoms with van der Waals surface area (Å²) in [6.45, 7) is 21.5. The van der Waals surface area contributed by atoms with Gasteiger partial charge in [-0.3, -0.25) is 52.7 Å². The molecule has 90 heavy (non-hydrogen) atoms. The standard InChI is InChI=1S/C63H112N10O17/c1-15-16-17-18-19-20-21-22-23-24-41(76)31-49(77)64-43(27-34(2)3)55(81)65-42(25-26-50(78)79)54(80)73-53-40(14)90-63(89)52(39(12)13)72-60(86)48(33-75)70-57(83)45(29-36(6)7)66-56(82)44(28-35(4)5)67-59(85)47(32-74)69-58(84)46(30-37(8)9)68-61(87)51(38(10)11)71-62(53)88/h34-48,51-53,74-76H,15-33H2,1-14H3,(H,64,77)(H,65,81)(H,66,82)(H,67,85)(H,68,87)(H,69,84)(H,70,83)(H,71,88)(H,72,86)(H,73,80)(H,78,79)/t40-,41?,42-,43+,44+,45+,46+,47-,48-,51-,52+,53-/m1/s1. The van der Waals surface area contributed by atoms with E-state index in [1.807, 2.05) is 0 Å². The first-order chi connectivity index (χ1) is 42.1. The first-order valence-corrected chi connectivity index (χ1v) is 32.5. The van der Waals surface area contributed by atoms with Crippen molar-refractivity contribution in [2.45, 2.75) is 279 Å². The quantitative estimate of drug-likeness (QED) is 0.0337. The molecule has 1 rings (SSSR count). The van der Waals surface area contributed by atoms with E-state index >= 15 is 0 Å². The summed E-state index contributed by atoms with van der Waals surface area (Å²) in [5, 5.41) is 66.8. The molecule has 1 aliphatic rings. The molecular formula is C63H112N10O17. The van der Waals surface area contributed by atoms with Crippen LogP contribution in [0.25, 0.3) is 0 Å². The molecule has 516 valence electrons. The molecule has 1 fully saturated rings. The normalized spacial score (nSPS) is 23.5. The number of cyclic esters (lactones) is 1. The SMILES string of the molecule is CCCCCCCCCCCC(O)CC(=O)N[C@@H](CC(C)C)C(=O)N[C@H](CCC(=O)O)C(=O)N[C@H]1C(=O)N[C@H](C(C)C)C(=O)N[C@@H](CC(C)C)C(=O)N[C@H](CO)C(=O)N[C@@H](CC(C)C)C(=O)N[C@@H](CC(C)C)C(=O)N[C@H](CO)C(=O)N[C@@H](C(C)C)C(=O)O[C@@H]1C. The molecule has 1 saturated heterocycles. The van der Waals surface area contributed by atoms with E-state index in [9.17, 15) is 78.0 Å². The zero-order valence-corrected chi connectivity index (χ0v) is 55.9. The van der Waals surface area contributed by atoms with Gasteiger partial charge >= 0.3 is 11.9 Å². The maximum atomic E-state index is 14.8. The number of amides is 10. The average Bonchev–Trinajstić information content (AvgIpc) is 1.42. The fourth-order valence-electron chi connectivity index (χ4n) is 10.1. The van der Waals surface area contributed by atoms with Crippen LogP contribution in [0.5, 0.6) is 0 Å². The van der Waals surface area contributed by atoms with Gasteiger partial charge in [-0.1, -0.05) is 148 Å². The highest BCUT2D eigenvalue weighted by atomic mass is 16.5. The number of carboxylic acids is 1. The number of hydrogen-bond acceptors (Lipinski definition) is 16. The summed E-state index contributed by atoms with van der Waals surface area (Å²) >= 11 is 0. The summed E-state index contributed by atoms with van der Waals surface area (Å²) in [4.78, 5) is 168. The summed E-state index contributed by atoms with van der Waals surface area (Å²) < 4.78 is 5.82. The van der Waals surface area contributed by atoms with E-state index in [4.69, 9.17) is 4.74 Å². The van der Waals surface area contributed by atoms with Crippen molar-refractivity contribution >= 4 is 71.0 Å². The number of carbonyl (C=O) groups is 12. The van der Waals surface area contributed by atoms with Crippen molar-refractivity contribution in [1.82, 2.24) is 53.2 Å². The average molecular weight is 1280 g/mol. The van der Waals surface area contributed by atoms with Gasteiger partial charge in [-0.15, -0.1) is 0 Å². The van der Waals surface area contributed by atoms with E-state index in [-0.39, 0.29) is 55.8 Å². The van der Waals surface area contributed by atoms with Gasteiger partial charge < -0.3 is 78.3 Å². The highest BCUT2D eigenvalue weighted by molar-refractivity contribution is 5.99. The van der Waals surface area contributed by atoms with Gasteiger partial charge in [0.2, 0.25) is 59.1 Å². The first-order valence-electron chi connectivity index (χ1n) is 32.5. The molecule has 10 amide bonds. The fourth-order valence-corrected chi connectivity index (χ4v) is 10.1. The number of nitrogens with one attached hydrogen (secondary N) is 10. The van der Waals surface area contributed by atoms with Crippen LogP contribution in [0.3, 0.4) is 0 Å². The lowest BCUT2D eigenvalue weighted by molar-refractivity contribution is -0.157. The minimum Gasteiger partial charge on any atom is -0.481 e. The topological polar surface area (TPSA) is 415 Å². The van der Waals surface area contributed by atoms with Crippen LogP contribution in [-0.4, -0.2) is 177 Å². The van der Waals surface area contributed by atoms with Crippen molar-refractivity contribution in [3.05, 3.63) is 0 Å². The Morgan fingerprint density at radius 3 is 1.32 bits per heavy atom. The second-order valence-electron chi connectivity index (χ2n) is 26.4. The number of carboxylic acid groups (broad SMARTS) is 1. The van der Waals surface area contributed by atoms with Crippen LogP contribution in [0, 0.1) is 35.5 Å². The molecule has 0 bridgehead atoms. The van der Waals surface area contributed by atoms with Crippen LogP contribution in [0.15, 0.2) is 0 Å². The number of hydrogen-bond donors (Lipinski definition) is 14. The Kier molecular flexibility index (Phi) is 38.6. The number of aliphatic carboxylic acids is 1. The van der Waals surface area contributed by atoms with Crippen LogP contribution in [0.4, 0.5) is 0 Å². The van der Waals surface area contributed by atoms with Gasteiger partial charge in [0.15, 0.2) is 0 Å². The van der Waals surface area contributed by atoms with Gasteiger partial charge in [0.1, 0.15) is 66.5 Å². The van der Waals surface area contributed by atoms with Gasteiger partial charge in [-0.2, -0.15) is 0 Å². The zero-order chi connectivity index (χ0) is 68.5. The Bertz CT molecular complexity index is 2320. The summed E-state index contributed by atoms with van der Waals surface area (Å²) in [6.07, 6.45) is 5.57. The van der Waals surface area contributed by atoms with Crippen LogP contribution >= 0.6 is 0 Å². The maximum Gasteiger partial charge on any atom is 0.329 e. The lowest BCUT2D eigenvalue weighted by Crippen LogP contribution is -2.63. The number of aliphatic hydroxyl groups is 3. The van der Waals surface area contributed by atoms with Crippen LogP contribution in [-0.2, 0) is 62.3 Å². The molecule has 1 unspecified atom stereocenters. The van der Waals surface area contributed by atoms with Gasteiger partial charge in [0.25, 0.3) is 0 Å². The van der Waals surface area contributed by atoms with E-state index in [1.54, 1.807) is 55.4 Å². The van der Waals surface area contributed by atoms with Crippen molar-refractivity contribution in [3.63, 3.8) is 0 Å². The third kappa shape index (κ3) is 31.5. The Morgan fingerprint density at radius 2 is 0.900 bits per heavy atom. The predicted octanol–water partition coefficient (Wildman–Crippen LogP) is 1.80. The lowest BCUT2D eigenvalue weighted by Gasteiger charge is -2.32. The van der Waals surface area contributed by atoms with Gasteiger partial charge in [0, 0.05) is 6.42 Å². The maximum absolute atomic E-state index is 14.8. The van der Waals surface area contributed by atoms with Crippen LogP contribution < -0.4 is 53.2 Å². The molecule has 14 N–H and O–H groups in total. The van der Waals surface area contributed by atoms with Crippen molar-refractivity contribution in [1.29, 1.82) is 0 Å². The monoisotopic (exact) mass is 1280 g/mol. The molecule has 0 saturated carbocycles. The number of aliphatic hydroxyl groups excluding tert-OH is 3. The first kappa shape index (κ1) is 81.5. The Balaban J connectivity index is 3.98. The van der Waals surface area contributed by atoms with Crippen molar-refractivity contribution in [2.24, 2.45) is 35.5 Å². The fraction of sp³-hybridized carbons (Fsp3) is 0.810. The minimum atomic E-state index is -1.99. The summed E-state index contributed by atoms with van der Waals surface area (Å²) in [5.74, 6) is -14.8. The smallest absolute Gasteiger partial charge is 0.329 e. The third-order valence-corrected chi connectivity index (χ3v) is 15.2. The molecular weight excluding hydrogens is 1170 g/mol. The predicted molar refractivity (Wildman–Crippen MR) is 336 cm³/mol. The largest absolute Gasteiger partial charge is 0.481 e. The lowest BCUT2D eigenvalue weighted by atomic mass is 9.98. The van der Waals surface area contributed by atoms with Gasteiger partial charge in [-0.05, 0) is 81.0 Å². The summed E-state index contributed by atoms with van der Waals surface area (Å²) in [5.41, 5.74) is 0. The molecule has 0 spiro atoms. The molecule has 0 aromatic carbocycles. The number of rotatable bonds is 32. The second kappa shape index (κ2) is 42.6. The highest BCUT2D eigenvalue weighted by Crippen LogP contribution is 2.17. The molecule has 0 aromatic rings. The van der Waals surface area contributed by atoms with E-state index in [2.05, 4.69) is 60.1 Å². The number of esters is 1. The molecule has 0 aromatic heterocycles. The van der Waals surface area contributed by atoms with E-state index < -0.39 is 182 Å². The molecule has 0 radical (unpaired) electrons. The Morgan fingerprint density at radius 1 is 0.489 bits per heavy atom. The zero-order valence-electron chi connectivity index (χ0n) is 55.9. The summed E-state index contributed by atoms with van der Waals surface area (Å²) in [6, 6.07) is -15.7. The van der Waals surface area contributed by atoms with E-state index in [1.165, 1.54) is 53.9 Å². The molecule has 0 aliphatic carbocycles. The van der Waals surface area contributed by atoms with Crippen LogP contribution in [0.2, 0.25) is 0 Å².